The van der Waals surface area contributed by atoms with Crippen LogP contribution in [0, 0.1) is 0 Å². The molecular weight excluding hydrogens is 201 g/mol. The van der Waals surface area contributed by atoms with Gasteiger partial charge in [-0.15, -0.1) is 0 Å². The Bertz CT molecular complexity index is 264. The zero-order valence-electron chi connectivity index (χ0n) is 7.23. The lowest BCUT2D eigenvalue weighted by atomic mass is 10.5. The zero-order chi connectivity index (χ0) is 10.5. The highest BCUT2D eigenvalue weighted by Gasteiger charge is 2.13. The Hall–Kier alpha value is -0.850. The van der Waals surface area contributed by atoms with Crippen LogP contribution >= 0.6 is 0 Å². The van der Waals surface area contributed by atoms with Crippen LogP contribution in [0.4, 0.5) is 9.18 Å². The van der Waals surface area contributed by atoms with Gasteiger partial charge in [0, 0.05) is 12.8 Å². The summed E-state index contributed by atoms with van der Waals surface area (Å²) in [6.45, 7) is -1.28. The second-order valence-electron chi connectivity index (χ2n) is 2.59. The van der Waals surface area contributed by atoms with Crippen molar-refractivity contribution in [1.82, 2.24) is 4.90 Å². The van der Waals surface area contributed by atoms with Crippen molar-refractivity contribution in [1.29, 1.82) is 0 Å². The van der Waals surface area contributed by atoms with Crippen LogP contribution in [-0.4, -0.2) is 56.3 Å². The molecule has 0 rings (SSSR count). The number of amides is 1. The summed E-state index contributed by atoms with van der Waals surface area (Å²) in [5.74, 6) is -0.278. The standard InChI is InChI=1S/C6H12FNO4S/c1-13(11,12)5-4-8(3-2-7)6(9)10/h2-5H2,1H3,(H,9,10). The smallest absolute Gasteiger partial charge is 0.407 e. The molecule has 0 heterocycles. The van der Waals surface area contributed by atoms with Gasteiger partial charge in [0.2, 0.25) is 0 Å². The van der Waals surface area contributed by atoms with E-state index in [0.717, 1.165) is 11.2 Å². The van der Waals surface area contributed by atoms with E-state index < -0.39 is 22.6 Å². The highest BCUT2D eigenvalue weighted by molar-refractivity contribution is 7.90. The molecule has 0 fully saturated rings. The minimum absolute atomic E-state index is 0.182. The van der Waals surface area contributed by atoms with Gasteiger partial charge in [0.05, 0.1) is 12.3 Å². The van der Waals surface area contributed by atoms with E-state index in [-0.39, 0.29) is 18.8 Å². The number of hydrogen-bond donors (Lipinski definition) is 1. The maximum atomic E-state index is 11.8. The molecule has 7 heteroatoms. The molecule has 0 aromatic heterocycles. The van der Waals surface area contributed by atoms with Gasteiger partial charge in [-0.2, -0.15) is 0 Å². The van der Waals surface area contributed by atoms with Gasteiger partial charge >= 0.3 is 6.09 Å². The molecule has 0 spiro atoms. The van der Waals surface area contributed by atoms with Gasteiger partial charge in [0.1, 0.15) is 16.5 Å². The normalized spacial score (nSPS) is 11.2. The summed E-state index contributed by atoms with van der Waals surface area (Å²) in [5, 5.41) is 8.47. The number of sulfone groups is 1. The second kappa shape index (κ2) is 5.00. The van der Waals surface area contributed by atoms with Crippen LogP contribution in [0.15, 0.2) is 0 Å². The Balaban J connectivity index is 4.05. The third-order valence-electron chi connectivity index (χ3n) is 1.36. The molecule has 0 bridgehead atoms. The van der Waals surface area contributed by atoms with E-state index >= 15 is 0 Å². The van der Waals surface area contributed by atoms with E-state index in [2.05, 4.69) is 0 Å². The summed E-state index contributed by atoms with van der Waals surface area (Å²) in [6.07, 6.45) is -0.302. The Labute approximate surface area is 76.1 Å². The summed E-state index contributed by atoms with van der Waals surface area (Å²) >= 11 is 0. The fraction of sp³-hybridized carbons (Fsp3) is 0.833. The minimum atomic E-state index is -3.20. The SMILES string of the molecule is CS(=O)(=O)CCN(CCF)C(=O)O. The first-order valence-corrected chi connectivity index (χ1v) is 5.64. The molecule has 1 N–H and O–H groups in total. The quantitative estimate of drug-likeness (QED) is 0.696. The molecule has 1 amide bonds. The van der Waals surface area contributed by atoms with E-state index in [4.69, 9.17) is 5.11 Å². The number of carbonyl (C=O) groups is 1. The van der Waals surface area contributed by atoms with Crippen LogP contribution in [-0.2, 0) is 9.84 Å². The van der Waals surface area contributed by atoms with Crippen LogP contribution in [0.5, 0.6) is 0 Å². The number of rotatable bonds is 5. The summed E-state index contributed by atoms with van der Waals surface area (Å²) < 4.78 is 33.1. The van der Waals surface area contributed by atoms with Gasteiger partial charge in [0.15, 0.2) is 0 Å². The number of alkyl halides is 1. The summed E-state index contributed by atoms with van der Waals surface area (Å²) in [7, 11) is -3.20. The average Bonchev–Trinajstić information content (AvgIpc) is 1.95. The number of halogens is 1. The molecule has 13 heavy (non-hydrogen) atoms. The molecule has 0 aromatic carbocycles. The number of carboxylic acid groups (broad SMARTS) is 1. The molecule has 5 nitrogen and oxygen atoms in total. The largest absolute Gasteiger partial charge is 0.465 e. The Kier molecular flexibility index (Phi) is 4.68. The Morgan fingerprint density at radius 3 is 2.31 bits per heavy atom. The van der Waals surface area contributed by atoms with Crippen molar-refractivity contribution in [2.24, 2.45) is 0 Å². The minimum Gasteiger partial charge on any atom is -0.465 e. The molecule has 0 saturated heterocycles. The lowest BCUT2D eigenvalue weighted by Gasteiger charge is -2.16. The molecule has 0 aliphatic rings. The average molecular weight is 213 g/mol. The van der Waals surface area contributed by atoms with Crippen molar-refractivity contribution in [3.8, 4) is 0 Å². The maximum Gasteiger partial charge on any atom is 0.407 e. The zero-order valence-corrected chi connectivity index (χ0v) is 8.05. The number of nitrogens with zero attached hydrogens (tertiary/aromatic N) is 1. The van der Waals surface area contributed by atoms with Crippen molar-refractivity contribution in [3.05, 3.63) is 0 Å². The third-order valence-corrected chi connectivity index (χ3v) is 2.28. The molecule has 0 unspecified atom stereocenters. The van der Waals surface area contributed by atoms with E-state index in [9.17, 15) is 17.6 Å². The van der Waals surface area contributed by atoms with Crippen molar-refractivity contribution in [2.45, 2.75) is 0 Å². The Morgan fingerprint density at radius 1 is 1.46 bits per heavy atom. The van der Waals surface area contributed by atoms with Gasteiger partial charge in [-0.1, -0.05) is 0 Å². The second-order valence-corrected chi connectivity index (χ2v) is 4.85. The van der Waals surface area contributed by atoms with Gasteiger partial charge in [-0.3, -0.25) is 0 Å². The Morgan fingerprint density at radius 2 is 2.00 bits per heavy atom. The molecule has 0 aliphatic heterocycles. The monoisotopic (exact) mass is 213 g/mol. The first-order chi connectivity index (χ1) is 5.87. The highest BCUT2D eigenvalue weighted by atomic mass is 32.2. The summed E-state index contributed by atoms with van der Waals surface area (Å²) in [5.41, 5.74) is 0. The molecule has 78 valence electrons. The van der Waals surface area contributed by atoms with Gasteiger partial charge in [-0.05, 0) is 0 Å². The molecule has 0 atom stereocenters. The van der Waals surface area contributed by atoms with Crippen LogP contribution in [0.25, 0.3) is 0 Å². The molecule has 0 aromatic rings. The lowest BCUT2D eigenvalue weighted by Crippen LogP contribution is -2.35. The van der Waals surface area contributed by atoms with Crippen molar-refractivity contribution in [2.75, 3.05) is 31.8 Å². The predicted molar refractivity (Wildman–Crippen MR) is 45.3 cm³/mol. The molecule has 0 radical (unpaired) electrons. The third kappa shape index (κ3) is 6.32. The predicted octanol–water partition coefficient (Wildman–Crippen LogP) is -0.0195. The van der Waals surface area contributed by atoms with Crippen LogP contribution in [0.3, 0.4) is 0 Å². The molecular formula is C6H12FNO4S. The van der Waals surface area contributed by atoms with Gasteiger partial charge in [0.25, 0.3) is 0 Å². The fourth-order valence-corrected chi connectivity index (χ4v) is 1.23. The van der Waals surface area contributed by atoms with E-state index in [1.807, 2.05) is 0 Å². The fourth-order valence-electron chi connectivity index (χ4n) is 0.681. The molecule has 0 saturated carbocycles. The highest BCUT2D eigenvalue weighted by Crippen LogP contribution is 1.92. The van der Waals surface area contributed by atoms with Crippen LogP contribution < -0.4 is 0 Å². The topological polar surface area (TPSA) is 74.7 Å². The van der Waals surface area contributed by atoms with E-state index in [0.29, 0.717) is 0 Å². The summed E-state index contributed by atoms with van der Waals surface area (Å²) in [4.78, 5) is 11.1. The molecule has 0 aliphatic carbocycles. The van der Waals surface area contributed by atoms with E-state index in [1.54, 1.807) is 0 Å². The van der Waals surface area contributed by atoms with Crippen LogP contribution in [0.2, 0.25) is 0 Å². The first-order valence-electron chi connectivity index (χ1n) is 3.58. The van der Waals surface area contributed by atoms with Crippen molar-refractivity contribution < 1.29 is 22.7 Å². The maximum absolute atomic E-state index is 11.8. The number of hydrogen-bond acceptors (Lipinski definition) is 3. The van der Waals surface area contributed by atoms with Crippen LogP contribution in [0.1, 0.15) is 0 Å². The first kappa shape index (κ1) is 12.2. The summed E-state index contributed by atoms with van der Waals surface area (Å²) in [6, 6.07) is 0. The van der Waals surface area contributed by atoms with Gasteiger partial charge in [-0.25, -0.2) is 17.6 Å². The van der Waals surface area contributed by atoms with Crippen molar-refractivity contribution >= 4 is 15.9 Å². The van der Waals surface area contributed by atoms with E-state index in [1.165, 1.54) is 0 Å². The van der Waals surface area contributed by atoms with Crippen molar-refractivity contribution in [3.63, 3.8) is 0 Å². The lowest BCUT2D eigenvalue weighted by molar-refractivity contribution is 0.144. The van der Waals surface area contributed by atoms with Gasteiger partial charge < -0.3 is 10.0 Å².